The molecule has 4 nitrogen and oxygen atoms in total. The van der Waals surface area contributed by atoms with E-state index in [1.807, 2.05) is 4.90 Å². The summed E-state index contributed by atoms with van der Waals surface area (Å²) in [5, 5.41) is 19.3. The van der Waals surface area contributed by atoms with Crippen molar-refractivity contribution in [2.75, 3.05) is 13.1 Å². The van der Waals surface area contributed by atoms with E-state index in [1.54, 1.807) is 0 Å². The number of β-amino-alcohol motifs (C(OH)–C–C–N with tert-alkyl or cyclic N) is 1. The maximum atomic E-state index is 11.2. The van der Waals surface area contributed by atoms with Crippen LogP contribution in [0.15, 0.2) is 24.3 Å². The Morgan fingerprint density at radius 3 is 2.50 bits per heavy atom. The molecule has 0 aliphatic carbocycles. The molecule has 1 aromatic carbocycles. The highest BCUT2D eigenvalue weighted by Crippen LogP contribution is 2.27. The second-order valence-electron chi connectivity index (χ2n) is 7.09. The smallest absolute Gasteiger partial charge is 0.337 e. The lowest BCUT2D eigenvalue weighted by atomic mass is 9.82. The molecule has 0 aromatic heterocycles. The van der Waals surface area contributed by atoms with Gasteiger partial charge in [0.1, 0.15) is 0 Å². The number of likely N-dealkylation sites (tertiary alicyclic amines) is 1. The molecule has 2 rings (SSSR count). The standard InChI is InChI=1S/C18H27NO3/c1-4-17(2,3)15-8-6-14(7-9-15)12-19-11-5-10-18(22,13-19)16(20)21/h6-9,22H,4-5,10-13H2,1-3H3,(H,20,21). The summed E-state index contributed by atoms with van der Waals surface area (Å²) >= 11 is 0. The van der Waals surface area contributed by atoms with Crippen LogP contribution in [-0.2, 0) is 16.8 Å². The van der Waals surface area contributed by atoms with Crippen LogP contribution in [0.25, 0.3) is 0 Å². The number of piperidine rings is 1. The molecule has 22 heavy (non-hydrogen) atoms. The van der Waals surface area contributed by atoms with Gasteiger partial charge in [-0.25, -0.2) is 4.79 Å². The molecule has 1 aliphatic heterocycles. The van der Waals surface area contributed by atoms with E-state index in [9.17, 15) is 9.90 Å². The number of hydrogen-bond donors (Lipinski definition) is 2. The van der Waals surface area contributed by atoms with E-state index in [0.29, 0.717) is 19.4 Å². The number of carbonyl (C=O) groups is 1. The predicted octanol–water partition coefficient (Wildman–Crippen LogP) is 2.79. The number of carboxylic acid groups (broad SMARTS) is 1. The first-order valence-electron chi connectivity index (χ1n) is 8.04. The molecule has 122 valence electrons. The Kier molecular flexibility index (Phi) is 4.93. The number of rotatable bonds is 5. The first-order valence-corrected chi connectivity index (χ1v) is 8.04. The van der Waals surface area contributed by atoms with Gasteiger partial charge in [0.05, 0.1) is 0 Å². The summed E-state index contributed by atoms with van der Waals surface area (Å²) in [4.78, 5) is 13.2. The Balaban J connectivity index is 2.04. The van der Waals surface area contributed by atoms with Crippen molar-refractivity contribution < 1.29 is 15.0 Å². The molecular formula is C18H27NO3. The van der Waals surface area contributed by atoms with Gasteiger partial charge in [0, 0.05) is 13.1 Å². The molecule has 0 spiro atoms. The first-order chi connectivity index (χ1) is 10.3. The molecule has 4 heteroatoms. The van der Waals surface area contributed by atoms with Gasteiger partial charge in [-0.3, -0.25) is 4.90 Å². The van der Waals surface area contributed by atoms with Gasteiger partial charge in [-0.2, -0.15) is 0 Å². The van der Waals surface area contributed by atoms with E-state index in [2.05, 4.69) is 45.0 Å². The van der Waals surface area contributed by atoms with Gasteiger partial charge in [-0.1, -0.05) is 45.0 Å². The third-order valence-corrected chi connectivity index (χ3v) is 4.97. The van der Waals surface area contributed by atoms with Gasteiger partial charge in [-0.05, 0) is 42.3 Å². The SMILES string of the molecule is CCC(C)(C)c1ccc(CN2CCCC(O)(C(=O)O)C2)cc1. The van der Waals surface area contributed by atoms with E-state index in [0.717, 1.165) is 18.5 Å². The van der Waals surface area contributed by atoms with Crippen molar-refractivity contribution in [1.82, 2.24) is 4.90 Å². The number of benzene rings is 1. The molecule has 1 heterocycles. The van der Waals surface area contributed by atoms with E-state index < -0.39 is 11.6 Å². The van der Waals surface area contributed by atoms with Gasteiger partial charge in [0.2, 0.25) is 0 Å². The fourth-order valence-corrected chi connectivity index (χ4v) is 2.96. The topological polar surface area (TPSA) is 60.8 Å². The quantitative estimate of drug-likeness (QED) is 0.878. The van der Waals surface area contributed by atoms with Crippen molar-refractivity contribution in [3.8, 4) is 0 Å². The molecule has 0 amide bonds. The van der Waals surface area contributed by atoms with Crippen LogP contribution < -0.4 is 0 Å². The lowest BCUT2D eigenvalue weighted by Crippen LogP contribution is -2.52. The number of hydrogen-bond acceptors (Lipinski definition) is 3. The van der Waals surface area contributed by atoms with Crippen molar-refractivity contribution >= 4 is 5.97 Å². The lowest BCUT2D eigenvalue weighted by Gasteiger charge is -2.36. The van der Waals surface area contributed by atoms with Crippen molar-refractivity contribution in [1.29, 1.82) is 0 Å². The summed E-state index contributed by atoms with van der Waals surface area (Å²) in [6.07, 6.45) is 2.14. The van der Waals surface area contributed by atoms with Crippen molar-refractivity contribution in [2.45, 2.75) is 57.6 Å². The lowest BCUT2D eigenvalue weighted by molar-refractivity contribution is -0.164. The minimum absolute atomic E-state index is 0.174. The molecular weight excluding hydrogens is 278 g/mol. The highest BCUT2D eigenvalue weighted by atomic mass is 16.4. The predicted molar refractivity (Wildman–Crippen MR) is 86.9 cm³/mol. The Hall–Kier alpha value is -1.39. The van der Waals surface area contributed by atoms with Crippen LogP contribution in [-0.4, -0.2) is 39.8 Å². The summed E-state index contributed by atoms with van der Waals surface area (Å²) in [5.74, 6) is -1.11. The fourth-order valence-electron chi connectivity index (χ4n) is 2.96. The normalized spacial score (nSPS) is 23.5. The van der Waals surface area contributed by atoms with Crippen LogP contribution >= 0.6 is 0 Å². The molecule has 0 saturated carbocycles. The largest absolute Gasteiger partial charge is 0.479 e. The highest BCUT2D eigenvalue weighted by molar-refractivity contribution is 5.77. The maximum absolute atomic E-state index is 11.2. The van der Waals surface area contributed by atoms with E-state index in [1.165, 1.54) is 5.56 Å². The van der Waals surface area contributed by atoms with Gasteiger partial charge >= 0.3 is 5.97 Å². The molecule has 1 fully saturated rings. The molecule has 1 unspecified atom stereocenters. The average molecular weight is 305 g/mol. The molecule has 1 aromatic rings. The number of aliphatic hydroxyl groups is 1. The van der Waals surface area contributed by atoms with Crippen LogP contribution in [0.1, 0.15) is 51.2 Å². The van der Waals surface area contributed by atoms with Crippen molar-refractivity contribution in [3.05, 3.63) is 35.4 Å². The molecule has 2 N–H and O–H groups in total. The van der Waals surface area contributed by atoms with E-state index >= 15 is 0 Å². The van der Waals surface area contributed by atoms with Crippen molar-refractivity contribution in [3.63, 3.8) is 0 Å². The van der Waals surface area contributed by atoms with Crippen LogP contribution in [0.4, 0.5) is 0 Å². The Labute approximate surface area is 132 Å². The first kappa shape index (κ1) is 17.0. The summed E-state index contributed by atoms with van der Waals surface area (Å²) in [5.41, 5.74) is 1.06. The van der Waals surface area contributed by atoms with Gasteiger partial charge < -0.3 is 10.2 Å². The minimum Gasteiger partial charge on any atom is -0.479 e. The second-order valence-corrected chi connectivity index (χ2v) is 7.09. The fraction of sp³-hybridized carbons (Fsp3) is 0.611. The van der Waals surface area contributed by atoms with Crippen LogP contribution in [0.5, 0.6) is 0 Å². The third-order valence-electron chi connectivity index (χ3n) is 4.97. The van der Waals surface area contributed by atoms with Crippen LogP contribution in [0, 0.1) is 0 Å². The van der Waals surface area contributed by atoms with Gasteiger partial charge in [-0.15, -0.1) is 0 Å². The molecule has 0 bridgehead atoms. The number of carboxylic acids is 1. The second kappa shape index (κ2) is 6.39. The number of nitrogens with zero attached hydrogens (tertiary/aromatic N) is 1. The summed E-state index contributed by atoms with van der Waals surface area (Å²) < 4.78 is 0. The molecule has 1 aliphatic rings. The zero-order chi connectivity index (χ0) is 16.4. The highest BCUT2D eigenvalue weighted by Gasteiger charge is 2.40. The number of aliphatic carboxylic acids is 1. The monoisotopic (exact) mass is 305 g/mol. The molecule has 0 radical (unpaired) electrons. The van der Waals surface area contributed by atoms with Gasteiger partial charge in [0.25, 0.3) is 0 Å². The Morgan fingerprint density at radius 1 is 1.32 bits per heavy atom. The van der Waals surface area contributed by atoms with Crippen molar-refractivity contribution in [2.24, 2.45) is 0 Å². The maximum Gasteiger partial charge on any atom is 0.337 e. The summed E-state index contributed by atoms with van der Waals surface area (Å²) in [7, 11) is 0. The van der Waals surface area contributed by atoms with Crippen LogP contribution in [0.3, 0.4) is 0 Å². The summed E-state index contributed by atoms with van der Waals surface area (Å²) in [6.45, 7) is 8.37. The minimum atomic E-state index is -1.59. The zero-order valence-corrected chi connectivity index (χ0v) is 13.8. The van der Waals surface area contributed by atoms with E-state index in [-0.39, 0.29) is 12.0 Å². The Bertz CT molecular complexity index is 524. The zero-order valence-electron chi connectivity index (χ0n) is 13.8. The van der Waals surface area contributed by atoms with E-state index in [4.69, 9.17) is 5.11 Å². The average Bonchev–Trinajstić information content (AvgIpc) is 2.48. The van der Waals surface area contributed by atoms with Crippen LogP contribution in [0.2, 0.25) is 0 Å². The Morgan fingerprint density at radius 2 is 1.95 bits per heavy atom. The molecule has 1 atom stereocenters. The third kappa shape index (κ3) is 3.68. The molecule has 1 saturated heterocycles. The van der Waals surface area contributed by atoms with Gasteiger partial charge in [0.15, 0.2) is 5.60 Å². The summed E-state index contributed by atoms with van der Waals surface area (Å²) in [6, 6.07) is 8.54.